The molecule has 0 saturated carbocycles. The van der Waals surface area contributed by atoms with E-state index in [0.717, 1.165) is 5.56 Å². The number of carbonyl (C=O) groups excluding carboxylic acids is 1. The number of hydrogen-bond donors (Lipinski definition) is 1. The third-order valence-corrected chi connectivity index (χ3v) is 3.77. The van der Waals surface area contributed by atoms with E-state index in [1.807, 2.05) is 43.9 Å². The average molecular weight is 271 g/mol. The van der Waals surface area contributed by atoms with Gasteiger partial charge in [-0.1, -0.05) is 18.2 Å². The Balaban J connectivity index is 2.54. The molecule has 1 amide bonds. The molecule has 2 N–H and O–H groups in total. The molecule has 1 aromatic carbocycles. The number of hydrogen-bond acceptors (Lipinski definition) is 3. The molecule has 0 aromatic heterocycles. The summed E-state index contributed by atoms with van der Waals surface area (Å²) in [5.74, 6) is 0.108. The van der Waals surface area contributed by atoms with Crippen molar-refractivity contribution in [3.05, 3.63) is 35.4 Å². The Bertz CT molecular complexity index is 554. The zero-order valence-electron chi connectivity index (χ0n) is 12.3. The van der Waals surface area contributed by atoms with E-state index >= 15 is 0 Å². The van der Waals surface area contributed by atoms with Gasteiger partial charge in [0.2, 0.25) is 5.91 Å². The van der Waals surface area contributed by atoms with Gasteiger partial charge in [0.05, 0.1) is 17.7 Å². The van der Waals surface area contributed by atoms with Gasteiger partial charge in [-0.25, -0.2) is 0 Å². The van der Waals surface area contributed by atoms with Gasteiger partial charge in [-0.05, 0) is 38.8 Å². The molecule has 1 fully saturated rings. The highest BCUT2D eigenvalue weighted by Crippen LogP contribution is 2.37. The summed E-state index contributed by atoms with van der Waals surface area (Å²) in [6, 6.07) is 9.25. The van der Waals surface area contributed by atoms with E-state index < -0.39 is 0 Å². The van der Waals surface area contributed by atoms with Crippen LogP contribution in [0.25, 0.3) is 0 Å². The molecular weight excluding hydrogens is 250 g/mol. The van der Waals surface area contributed by atoms with E-state index in [2.05, 4.69) is 6.07 Å². The first kappa shape index (κ1) is 14.5. The van der Waals surface area contributed by atoms with Gasteiger partial charge in [-0.15, -0.1) is 0 Å². The summed E-state index contributed by atoms with van der Waals surface area (Å²) in [4.78, 5) is 14.2. The maximum Gasteiger partial charge on any atom is 0.223 e. The fraction of sp³-hybridized carbons (Fsp3) is 0.500. The third-order valence-electron chi connectivity index (χ3n) is 3.77. The van der Waals surface area contributed by atoms with Crippen molar-refractivity contribution in [2.24, 2.45) is 5.73 Å². The molecule has 1 aliphatic rings. The molecule has 1 heterocycles. The van der Waals surface area contributed by atoms with Crippen LogP contribution in [0.5, 0.6) is 0 Å². The Labute approximate surface area is 120 Å². The fourth-order valence-electron chi connectivity index (χ4n) is 2.93. The quantitative estimate of drug-likeness (QED) is 0.852. The van der Waals surface area contributed by atoms with Crippen molar-refractivity contribution in [1.29, 1.82) is 5.26 Å². The minimum absolute atomic E-state index is 0.108. The molecular formula is C16H21N3O. The summed E-state index contributed by atoms with van der Waals surface area (Å²) in [7, 11) is 0. The zero-order chi connectivity index (χ0) is 14.9. The Kier molecular flexibility index (Phi) is 3.82. The van der Waals surface area contributed by atoms with Gasteiger partial charge in [-0.3, -0.25) is 4.79 Å². The Morgan fingerprint density at radius 2 is 2.00 bits per heavy atom. The van der Waals surface area contributed by atoms with Crippen molar-refractivity contribution in [2.75, 3.05) is 0 Å². The van der Waals surface area contributed by atoms with Crippen LogP contribution < -0.4 is 5.73 Å². The van der Waals surface area contributed by atoms with Crippen LogP contribution in [0.1, 0.15) is 50.8 Å². The molecule has 0 spiro atoms. The van der Waals surface area contributed by atoms with Crippen LogP contribution in [-0.4, -0.2) is 22.4 Å². The molecule has 0 aliphatic carbocycles. The standard InChI is InChI=1S/C16H21N3O/c1-16(2,3)19-14(20)9-8-13(18)15(19)12-7-5-4-6-11(12)10-17/h4-7,13,15H,8-9,18H2,1-3H3. The van der Waals surface area contributed by atoms with Crippen molar-refractivity contribution in [1.82, 2.24) is 4.90 Å². The Hall–Kier alpha value is -1.86. The Morgan fingerprint density at radius 1 is 1.35 bits per heavy atom. The third kappa shape index (κ3) is 2.54. The molecule has 2 rings (SSSR count). The summed E-state index contributed by atoms with van der Waals surface area (Å²) in [6.07, 6.45) is 1.14. The fourth-order valence-corrected chi connectivity index (χ4v) is 2.93. The van der Waals surface area contributed by atoms with Crippen LogP contribution in [0.2, 0.25) is 0 Å². The lowest BCUT2D eigenvalue weighted by Gasteiger charge is -2.47. The van der Waals surface area contributed by atoms with Crippen molar-refractivity contribution >= 4 is 5.91 Å². The number of carbonyl (C=O) groups is 1. The highest BCUT2D eigenvalue weighted by atomic mass is 16.2. The second-order valence-corrected chi connectivity index (χ2v) is 6.28. The average Bonchev–Trinajstić information content (AvgIpc) is 2.39. The molecule has 4 nitrogen and oxygen atoms in total. The highest BCUT2D eigenvalue weighted by molar-refractivity contribution is 5.79. The molecule has 1 aliphatic heterocycles. The lowest BCUT2D eigenvalue weighted by Crippen LogP contribution is -2.56. The SMILES string of the molecule is CC(C)(C)N1C(=O)CCC(N)C1c1ccccc1C#N. The molecule has 0 radical (unpaired) electrons. The zero-order valence-corrected chi connectivity index (χ0v) is 12.3. The van der Waals surface area contributed by atoms with Crippen LogP contribution in [0.15, 0.2) is 24.3 Å². The smallest absolute Gasteiger partial charge is 0.223 e. The Morgan fingerprint density at radius 3 is 2.60 bits per heavy atom. The largest absolute Gasteiger partial charge is 0.329 e. The molecule has 0 bridgehead atoms. The number of likely N-dealkylation sites (tertiary alicyclic amines) is 1. The second-order valence-electron chi connectivity index (χ2n) is 6.28. The number of amides is 1. The summed E-state index contributed by atoms with van der Waals surface area (Å²) in [5.41, 5.74) is 7.41. The van der Waals surface area contributed by atoms with Gasteiger partial charge in [-0.2, -0.15) is 5.26 Å². The molecule has 2 unspecified atom stereocenters. The number of piperidine rings is 1. The number of benzene rings is 1. The normalized spacial score (nSPS) is 23.6. The minimum atomic E-state index is -0.317. The number of rotatable bonds is 1. The van der Waals surface area contributed by atoms with E-state index in [4.69, 9.17) is 5.73 Å². The number of nitrogens with two attached hydrogens (primary N) is 1. The lowest BCUT2D eigenvalue weighted by molar-refractivity contribution is -0.144. The summed E-state index contributed by atoms with van der Waals surface area (Å²) in [5, 5.41) is 9.30. The second kappa shape index (κ2) is 5.26. The van der Waals surface area contributed by atoms with Crippen LogP contribution in [0, 0.1) is 11.3 Å². The van der Waals surface area contributed by atoms with Gasteiger partial charge in [0, 0.05) is 18.0 Å². The van der Waals surface area contributed by atoms with Gasteiger partial charge in [0.1, 0.15) is 0 Å². The molecule has 2 atom stereocenters. The van der Waals surface area contributed by atoms with Crippen LogP contribution in [-0.2, 0) is 4.79 Å². The van der Waals surface area contributed by atoms with E-state index in [1.165, 1.54) is 0 Å². The van der Waals surface area contributed by atoms with Crippen molar-refractivity contribution in [2.45, 2.75) is 51.2 Å². The molecule has 1 saturated heterocycles. The molecule has 4 heteroatoms. The van der Waals surface area contributed by atoms with Gasteiger partial charge in [0.25, 0.3) is 0 Å². The topological polar surface area (TPSA) is 70.1 Å². The van der Waals surface area contributed by atoms with E-state index in [-0.39, 0.29) is 23.5 Å². The van der Waals surface area contributed by atoms with Crippen molar-refractivity contribution in [3.8, 4) is 6.07 Å². The summed E-state index contributed by atoms with van der Waals surface area (Å²) < 4.78 is 0. The van der Waals surface area contributed by atoms with Crippen LogP contribution in [0.4, 0.5) is 0 Å². The molecule has 1 aromatic rings. The maximum absolute atomic E-state index is 12.4. The molecule has 106 valence electrons. The van der Waals surface area contributed by atoms with Crippen molar-refractivity contribution in [3.63, 3.8) is 0 Å². The highest BCUT2D eigenvalue weighted by Gasteiger charge is 2.41. The van der Waals surface area contributed by atoms with E-state index in [1.54, 1.807) is 6.07 Å². The predicted molar refractivity (Wildman–Crippen MR) is 77.7 cm³/mol. The van der Waals surface area contributed by atoms with Gasteiger partial charge < -0.3 is 10.6 Å². The summed E-state index contributed by atoms with van der Waals surface area (Å²) in [6.45, 7) is 6.01. The van der Waals surface area contributed by atoms with Crippen LogP contribution in [0.3, 0.4) is 0 Å². The number of nitriles is 1. The first-order chi connectivity index (χ1) is 9.36. The lowest BCUT2D eigenvalue weighted by atomic mass is 9.85. The van der Waals surface area contributed by atoms with E-state index in [0.29, 0.717) is 18.4 Å². The predicted octanol–water partition coefficient (Wildman–Crippen LogP) is 2.35. The van der Waals surface area contributed by atoms with Gasteiger partial charge >= 0.3 is 0 Å². The minimum Gasteiger partial charge on any atom is -0.329 e. The number of nitrogens with zero attached hydrogens (tertiary/aromatic N) is 2. The summed E-state index contributed by atoms with van der Waals surface area (Å²) >= 11 is 0. The van der Waals surface area contributed by atoms with E-state index in [9.17, 15) is 10.1 Å². The van der Waals surface area contributed by atoms with Gasteiger partial charge in [0.15, 0.2) is 0 Å². The first-order valence-corrected chi connectivity index (χ1v) is 6.93. The first-order valence-electron chi connectivity index (χ1n) is 6.93. The molecule has 20 heavy (non-hydrogen) atoms. The van der Waals surface area contributed by atoms with Crippen molar-refractivity contribution < 1.29 is 4.79 Å². The van der Waals surface area contributed by atoms with Crippen LogP contribution >= 0.6 is 0 Å². The monoisotopic (exact) mass is 271 g/mol. The maximum atomic E-state index is 12.4.